The van der Waals surface area contributed by atoms with Gasteiger partial charge in [-0.2, -0.15) is 0 Å². The van der Waals surface area contributed by atoms with Crippen LogP contribution in [0.1, 0.15) is 31.7 Å². The van der Waals surface area contributed by atoms with Gasteiger partial charge in [0.2, 0.25) is 0 Å². The molecule has 0 radical (unpaired) electrons. The second-order valence-corrected chi connectivity index (χ2v) is 5.19. The maximum Gasteiger partial charge on any atom is 0.119 e. The highest BCUT2D eigenvalue weighted by Crippen LogP contribution is 2.20. The zero-order valence-corrected chi connectivity index (χ0v) is 10.9. The standard InChI is InChI=1S/C15H23NO/c1-12-5-3-7-15(9-12)17-13(2)10-14-6-4-8-16-11-14/h3,5,7,9,13-14,16H,4,6,8,10-11H2,1-2H3. The Bertz CT molecular complexity index is 345. The molecular weight excluding hydrogens is 210 g/mol. The first-order valence-electron chi connectivity index (χ1n) is 6.68. The quantitative estimate of drug-likeness (QED) is 0.862. The highest BCUT2D eigenvalue weighted by atomic mass is 16.5. The van der Waals surface area contributed by atoms with Crippen molar-refractivity contribution in [3.8, 4) is 5.75 Å². The van der Waals surface area contributed by atoms with E-state index in [0.29, 0.717) is 6.10 Å². The largest absolute Gasteiger partial charge is 0.491 e. The molecule has 1 N–H and O–H groups in total. The molecule has 1 aliphatic heterocycles. The lowest BCUT2D eigenvalue weighted by Gasteiger charge is -2.25. The van der Waals surface area contributed by atoms with E-state index in [4.69, 9.17) is 4.74 Å². The van der Waals surface area contributed by atoms with Crippen LogP contribution in [0.4, 0.5) is 0 Å². The van der Waals surface area contributed by atoms with Gasteiger partial charge in [-0.25, -0.2) is 0 Å². The van der Waals surface area contributed by atoms with Crippen molar-refractivity contribution in [2.75, 3.05) is 13.1 Å². The summed E-state index contributed by atoms with van der Waals surface area (Å²) in [5.41, 5.74) is 1.26. The number of rotatable bonds is 4. The molecule has 17 heavy (non-hydrogen) atoms. The first-order chi connectivity index (χ1) is 8.24. The summed E-state index contributed by atoms with van der Waals surface area (Å²) >= 11 is 0. The first-order valence-corrected chi connectivity index (χ1v) is 6.68. The molecule has 0 saturated carbocycles. The first kappa shape index (κ1) is 12.4. The van der Waals surface area contributed by atoms with Crippen LogP contribution in [0.2, 0.25) is 0 Å². The average molecular weight is 233 g/mol. The minimum Gasteiger partial charge on any atom is -0.491 e. The van der Waals surface area contributed by atoms with Crippen LogP contribution >= 0.6 is 0 Å². The van der Waals surface area contributed by atoms with Gasteiger partial charge in [0, 0.05) is 0 Å². The Balaban J connectivity index is 1.82. The molecular formula is C15H23NO. The molecule has 2 unspecified atom stereocenters. The van der Waals surface area contributed by atoms with Crippen molar-refractivity contribution in [2.24, 2.45) is 5.92 Å². The summed E-state index contributed by atoms with van der Waals surface area (Å²) < 4.78 is 5.97. The molecule has 2 heteroatoms. The smallest absolute Gasteiger partial charge is 0.119 e. The van der Waals surface area contributed by atoms with E-state index in [1.807, 2.05) is 6.07 Å². The highest BCUT2D eigenvalue weighted by Gasteiger charge is 2.16. The monoisotopic (exact) mass is 233 g/mol. The summed E-state index contributed by atoms with van der Waals surface area (Å²) in [7, 11) is 0. The van der Waals surface area contributed by atoms with E-state index in [0.717, 1.165) is 24.6 Å². The Morgan fingerprint density at radius 2 is 2.35 bits per heavy atom. The van der Waals surface area contributed by atoms with Crippen LogP contribution < -0.4 is 10.1 Å². The molecule has 0 aromatic heterocycles. The third kappa shape index (κ3) is 4.04. The van der Waals surface area contributed by atoms with Crippen LogP contribution in [0.3, 0.4) is 0 Å². The van der Waals surface area contributed by atoms with Crippen LogP contribution in [0, 0.1) is 12.8 Å². The van der Waals surface area contributed by atoms with Crippen molar-refractivity contribution < 1.29 is 4.74 Å². The molecule has 2 nitrogen and oxygen atoms in total. The van der Waals surface area contributed by atoms with Gasteiger partial charge < -0.3 is 10.1 Å². The third-order valence-electron chi connectivity index (χ3n) is 3.39. The summed E-state index contributed by atoms with van der Waals surface area (Å²) in [5, 5.41) is 3.46. The number of benzene rings is 1. The molecule has 1 heterocycles. The van der Waals surface area contributed by atoms with E-state index in [1.54, 1.807) is 0 Å². The van der Waals surface area contributed by atoms with Crippen molar-refractivity contribution >= 4 is 0 Å². The van der Waals surface area contributed by atoms with Crippen molar-refractivity contribution in [1.82, 2.24) is 5.32 Å². The maximum atomic E-state index is 5.97. The van der Waals surface area contributed by atoms with Crippen LogP contribution in [0.5, 0.6) is 5.75 Å². The molecule has 0 amide bonds. The average Bonchev–Trinajstić information content (AvgIpc) is 2.30. The lowest BCUT2D eigenvalue weighted by atomic mass is 9.94. The molecule has 2 atom stereocenters. The zero-order valence-electron chi connectivity index (χ0n) is 10.9. The molecule has 0 bridgehead atoms. The fourth-order valence-electron chi connectivity index (χ4n) is 2.56. The SMILES string of the molecule is Cc1cccc(OC(C)CC2CCCNC2)c1. The van der Waals surface area contributed by atoms with Crippen LogP contribution in [0.15, 0.2) is 24.3 Å². The van der Waals surface area contributed by atoms with Crippen LogP contribution in [-0.4, -0.2) is 19.2 Å². The lowest BCUT2D eigenvalue weighted by Crippen LogP contribution is -2.32. The number of ether oxygens (including phenoxy) is 1. The lowest BCUT2D eigenvalue weighted by molar-refractivity contribution is 0.173. The predicted molar refractivity (Wildman–Crippen MR) is 71.5 cm³/mol. The summed E-state index contributed by atoms with van der Waals surface area (Å²) in [6.07, 6.45) is 4.11. The summed E-state index contributed by atoms with van der Waals surface area (Å²) in [6.45, 7) is 6.62. The Labute approximate surface area is 104 Å². The maximum absolute atomic E-state index is 5.97. The zero-order chi connectivity index (χ0) is 12.1. The molecule has 0 aliphatic carbocycles. The Morgan fingerprint density at radius 3 is 3.06 bits per heavy atom. The van der Waals surface area contributed by atoms with Gasteiger partial charge in [-0.1, -0.05) is 12.1 Å². The Hall–Kier alpha value is -1.02. The topological polar surface area (TPSA) is 21.3 Å². The van der Waals surface area contributed by atoms with Crippen LogP contribution in [-0.2, 0) is 0 Å². The van der Waals surface area contributed by atoms with E-state index < -0.39 is 0 Å². The molecule has 0 spiro atoms. The van der Waals surface area contributed by atoms with Gasteiger partial charge >= 0.3 is 0 Å². The number of nitrogens with one attached hydrogen (secondary N) is 1. The van der Waals surface area contributed by atoms with Crippen molar-refractivity contribution in [3.05, 3.63) is 29.8 Å². The van der Waals surface area contributed by atoms with Gasteiger partial charge in [-0.15, -0.1) is 0 Å². The molecule has 1 fully saturated rings. The number of hydrogen-bond acceptors (Lipinski definition) is 2. The number of hydrogen-bond donors (Lipinski definition) is 1. The second kappa shape index (κ2) is 6.06. The second-order valence-electron chi connectivity index (χ2n) is 5.19. The molecule has 1 aromatic rings. The predicted octanol–water partition coefficient (Wildman–Crippen LogP) is 3.15. The minimum absolute atomic E-state index is 0.307. The van der Waals surface area contributed by atoms with Gasteiger partial charge in [-0.05, 0) is 69.8 Å². The fourth-order valence-corrected chi connectivity index (χ4v) is 2.56. The van der Waals surface area contributed by atoms with Gasteiger partial charge in [0.15, 0.2) is 0 Å². The van der Waals surface area contributed by atoms with Gasteiger partial charge in [-0.3, -0.25) is 0 Å². The minimum atomic E-state index is 0.307. The van der Waals surface area contributed by atoms with E-state index in [1.165, 1.54) is 24.9 Å². The van der Waals surface area contributed by atoms with E-state index >= 15 is 0 Å². The molecule has 1 aliphatic rings. The van der Waals surface area contributed by atoms with Gasteiger partial charge in [0.25, 0.3) is 0 Å². The van der Waals surface area contributed by atoms with Crippen molar-refractivity contribution in [2.45, 2.75) is 39.2 Å². The third-order valence-corrected chi connectivity index (χ3v) is 3.39. The fraction of sp³-hybridized carbons (Fsp3) is 0.600. The number of aryl methyl sites for hydroxylation is 1. The van der Waals surface area contributed by atoms with Crippen molar-refractivity contribution in [1.29, 1.82) is 0 Å². The normalized spacial score (nSPS) is 22.1. The van der Waals surface area contributed by atoms with E-state index in [9.17, 15) is 0 Å². The van der Waals surface area contributed by atoms with E-state index in [-0.39, 0.29) is 0 Å². The van der Waals surface area contributed by atoms with E-state index in [2.05, 4.69) is 37.4 Å². The van der Waals surface area contributed by atoms with Crippen molar-refractivity contribution in [3.63, 3.8) is 0 Å². The molecule has 94 valence electrons. The summed E-state index contributed by atoms with van der Waals surface area (Å²) in [4.78, 5) is 0. The Kier molecular flexibility index (Phi) is 4.43. The summed E-state index contributed by atoms with van der Waals surface area (Å²) in [6, 6.07) is 8.31. The Morgan fingerprint density at radius 1 is 1.47 bits per heavy atom. The van der Waals surface area contributed by atoms with Gasteiger partial charge in [0.05, 0.1) is 6.10 Å². The molecule has 1 saturated heterocycles. The summed E-state index contributed by atoms with van der Waals surface area (Å²) in [5.74, 6) is 1.78. The highest BCUT2D eigenvalue weighted by molar-refractivity contribution is 5.27. The van der Waals surface area contributed by atoms with Crippen LogP contribution in [0.25, 0.3) is 0 Å². The molecule has 1 aromatic carbocycles. The molecule has 2 rings (SSSR count). The van der Waals surface area contributed by atoms with Gasteiger partial charge in [0.1, 0.15) is 5.75 Å². The number of piperidine rings is 1.